The Labute approximate surface area is 154 Å². The molecule has 0 aliphatic carbocycles. The smallest absolute Gasteiger partial charge is 0.257 e. The molecule has 2 N–H and O–H groups in total. The van der Waals surface area contributed by atoms with Crippen LogP contribution in [0.25, 0.3) is 11.0 Å². The quantitative estimate of drug-likeness (QED) is 0.514. The number of rotatable bonds is 5. The summed E-state index contributed by atoms with van der Waals surface area (Å²) in [6.45, 7) is 0. The van der Waals surface area contributed by atoms with Crippen LogP contribution in [-0.2, 0) is 5.75 Å². The van der Waals surface area contributed by atoms with Gasteiger partial charge in [0.2, 0.25) is 5.95 Å². The lowest BCUT2D eigenvalue weighted by atomic mass is 10.2. The summed E-state index contributed by atoms with van der Waals surface area (Å²) >= 11 is 1.71. The van der Waals surface area contributed by atoms with E-state index in [0.29, 0.717) is 11.5 Å². The van der Waals surface area contributed by atoms with E-state index in [-0.39, 0.29) is 5.91 Å². The van der Waals surface area contributed by atoms with Gasteiger partial charge in [-0.15, -0.1) is 11.8 Å². The van der Waals surface area contributed by atoms with Crippen molar-refractivity contribution in [3.05, 3.63) is 84.2 Å². The standard InChI is InChI=1S/C20H16N4OS/c25-19(24-20-22-17-5-1-2-6-18(17)23-20)15-7-9-16(10-8-15)26-13-14-4-3-11-21-12-14/h1-12H,13H2,(H2,22,23,24,25). The zero-order valence-corrected chi connectivity index (χ0v) is 14.7. The van der Waals surface area contributed by atoms with Crippen LogP contribution in [-0.4, -0.2) is 20.9 Å². The maximum atomic E-state index is 12.4. The predicted molar refractivity (Wildman–Crippen MR) is 104 cm³/mol. The first kappa shape index (κ1) is 16.4. The fourth-order valence-electron chi connectivity index (χ4n) is 2.54. The Morgan fingerprint density at radius 3 is 2.65 bits per heavy atom. The van der Waals surface area contributed by atoms with E-state index >= 15 is 0 Å². The molecule has 0 atom stereocenters. The van der Waals surface area contributed by atoms with Crippen molar-refractivity contribution in [2.75, 3.05) is 5.32 Å². The normalized spacial score (nSPS) is 10.8. The van der Waals surface area contributed by atoms with E-state index in [4.69, 9.17) is 0 Å². The molecule has 0 spiro atoms. The zero-order valence-electron chi connectivity index (χ0n) is 13.8. The first-order valence-electron chi connectivity index (χ1n) is 8.16. The van der Waals surface area contributed by atoms with Crippen LogP contribution in [0.3, 0.4) is 0 Å². The number of hydrogen-bond donors (Lipinski definition) is 2. The summed E-state index contributed by atoms with van der Waals surface area (Å²) in [6, 6.07) is 19.2. The summed E-state index contributed by atoms with van der Waals surface area (Å²) in [5, 5.41) is 2.80. The number of imidazole rings is 1. The number of amides is 1. The SMILES string of the molecule is O=C(Nc1nc2ccccc2[nH]1)c1ccc(SCc2cccnc2)cc1. The highest BCUT2D eigenvalue weighted by molar-refractivity contribution is 7.98. The van der Waals surface area contributed by atoms with Gasteiger partial charge in [0, 0.05) is 28.6 Å². The summed E-state index contributed by atoms with van der Waals surface area (Å²) in [6.07, 6.45) is 3.63. The lowest BCUT2D eigenvalue weighted by Crippen LogP contribution is -2.12. The number of nitrogens with zero attached hydrogens (tertiary/aromatic N) is 2. The van der Waals surface area contributed by atoms with Crippen LogP contribution in [0.5, 0.6) is 0 Å². The van der Waals surface area contributed by atoms with E-state index in [2.05, 4.69) is 26.3 Å². The summed E-state index contributed by atoms with van der Waals surface area (Å²) in [5.74, 6) is 1.11. The minimum Gasteiger partial charge on any atom is -0.324 e. The fraction of sp³-hybridized carbons (Fsp3) is 0.0500. The summed E-state index contributed by atoms with van der Waals surface area (Å²) in [4.78, 5) is 25.1. The number of para-hydroxylation sites is 2. The van der Waals surface area contributed by atoms with Crippen molar-refractivity contribution in [2.45, 2.75) is 10.6 Å². The molecule has 2 heterocycles. The minimum absolute atomic E-state index is 0.187. The number of fused-ring (bicyclic) bond motifs is 1. The van der Waals surface area contributed by atoms with Crippen molar-refractivity contribution in [3.8, 4) is 0 Å². The number of anilines is 1. The van der Waals surface area contributed by atoms with Gasteiger partial charge >= 0.3 is 0 Å². The Morgan fingerprint density at radius 2 is 1.88 bits per heavy atom. The number of carbonyl (C=O) groups is 1. The Balaban J connectivity index is 1.40. The van der Waals surface area contributed by atoms with Crippen LogP contribution in [0, 0.1) is 0 Å². The Kier molecular flexibility index (Phi) is 4.66. The molecule has 0 fully saturated rings. The van der Waals surface area contributed by atoms with E-state index in [1.54, 1.807) is 18.0 Å². The highest BCUT2D eigenvalue weighted by Crippen LogP contribution is 2.23. The van der Waals surface area contributed by atoms with Crippen LogP contribution in [0.4, 0.5) is 5.95 Å². The fourth-order valence-corrected chi connectivity index (χ4v) is 3.38. The zero-order chi connectivity index (χ0) is 17.8. The topological polar surface area (TPSA) is 70.7 Å². The van der Waals surface area contributed by atoms with Crippen molar-refractivity contribution >= 4 is 34.7 Å². The van der Waals surface area contributed by atoms with Crippen LogP contribution in [0.15, 0.2) is 78.0 Å². The lowest BCUT2D eigenvalue weighted by Gasteiger charge is -2.04. The first-order chi connectivity index (χ1) is 12.8. The molecule has 1 amide bonds. The van der Waals surface area contributed by atoms with Gasteiger partial charge in [-0.3, -0.25) is 15.1 Å². The number of nitrogens with one attached hydrogen (secondary N) is 2. The number of H-pyrrole nitrogens is 1. The number of aromatic nitrogens is 3. The third-order valence-electron chi connectivity index (χ3n) is 3.87. The molecule has 0 radical (unpaired) electrons. The number of hydrogen-bond acceptors (Lipinski definition) is 4. The molecular weight excluding hydrogens is 344 g/mol. The van der Waals surface area contributed by atoms with Gasteiger partial charge < -0.3 is 4.98 Å². The first-order valence-corrected chi connectivity index (χ1v) is 9.14. The van der Waals surface area contributed by atoms with Gasteiger partial charge in [-0.2, -0.15) is 0 Å². The van der Waals surface area contributed by atoms with Crippen molar-refractivity contribution < 1.29 is 4.79 Å². The van der Waals surface area contributed by atoms with E-state index in [1.807, 2.05) is 60.8 Å². The molecule has 0 bridgehead atoms. The van der Waals surface area contributed by atoms with Gasteiger partial charge in [0.05, 0.1) is 11.0 Å². The van der Waals surface area contributed by atoms with Gasteiger partial charge in [0.15, 0.2) is 0 Å². The van der Waals surface area contributed by atoms with Crippen molar-refractivity contribution in [1.29, 1.82) is 0 Å². The maximum Gasteiger partial charge on any atom is 0.257 e. The second kappa shape index (κ2) is 7.41. The average Bonchev–Trinajstić information content (AvgIpc) is 3.10. The molecule has 2 aromatic heterocycles. The van der Waals surface area contributed by atoms with Crippen molar-refractivity contribution in [1.82, 2.24) is 15.0 Å². The molecule has 0 saturated heterocycles. The molecule has 0 aliphatic rings. The van der Waals surface area contributed by atoms with Crippen LogP contribution in [0.1, 0.15) is 15.9 Å². The molecule has 0 saturated carbocycles. The Morgan fingerprint density at radius 1 is 1.04 bits per heavy atom. The van der Waals surface area contributed by atoms with Crippen LogP contribution < -0.4 is 5.32 Å². The third-order valence-corrected chi connectivity index (χ3v) is 4.95. The molecular formula is C20H16N4OS. The number of aromatic amines is 1. The van der Waals surface area contributed by atoms with Gasteiger partial charge in [-0.05, 0) is 48.0 Å². The highest BCUT2D eigenvalue weighted by Gasteiger charge is 2.09. The molecule has 5 nitrogen and oxygen atoms in total. The van der Waals surface area contributed by atoms with Crippen molar-refractivity contribution in [2.24, 2.45) is 0 Å². The monoisotopic (exact) mass is 360 g/mol. The van der Waals surface area contributed by atoms with Gasteiger partial charge in [-0.1, -0.05) is 18.2 Å². The van der Waals surface area contributed by atoms with E-state index in [0.717, 1.165) is 21.7 Å². The number of benzene rings is 2. The maximum absolute atomic E-state index is 12.4. The van der Waals surface area contributed by atoms with Gasteiger partial charge in [0.1, 0.15) is 0 Å². The molecule has 2 aromatic carbocycles. The lowest BCUT2D eigenvalue weighted by molar-refractivity contribution is 0.102. The number of carbonyl (C=O) groups excluding carboxylic acids is 1. The molecule has 0 aliphatic heterocycles. The Bertz CT molecular complexity index is 996. The average molecular weight is 360 g/mol. The second-order valence-corrected chi connectivity index (χ2v) is 6.78. The summed E-state index contributed by atoms with van der Waals surface area (Å²) in [5.41, 5.74) is 3.48. The molecule has 128 valence electrons. The highest BCUT2D eigenvalue weighted by atomic mass is 32.2. The van der Waals surface area contributed by atoms with Crippen LogP contribution in [0.2, 0.25) is 0 Å². The molecule has 0 unspecified atom stereocenters. The Hall–Kier alpha value is -3.12. The number of pyridine rings is 1. The minimum atomic E-state index is -0.187. The predicted octanol–water partition coefficient (Wildman–Crippen LogP) is 4.50. The van der Waals surface area contributed by atoms with Crippen molar-refractivity contribution in [3.63, 3.8) is 0 Å². The largest absolute Gasteiger partial charge is 0.324 e. The van der Waals surface area contributed by atoms with Gasteiger partial charge in [0.25, 0.3) is 5.91 Å². The molecule has 4 aromatic rings. The van der Waals surface area contributed by atoms with E-state index < -0.39 is 0 Å². The van der Waals surface area contributed by atoms with Gasteiger partial charge in [-0.25, -0.2) is 4.98 Å². The number of thioether (sulfide) groups is 1. The molecule has 6 heteroatoms. The summed E-state index contributed by atoms with van der Waals surface area (Å²) < 4.78 is 0. The van der Waals surface area contributed by atoms with E-state index in [1.165, 1.54) is 5.56 Å². The molecule has 26 heavy (non-hydrogen) atoms. The second-order valence-electron chi connectivity index (χ2n) is 5.73. The summed E-state index contributed by atoms with van der Waals surface area (Å²) in [7, 11) is 0. The molecule has 4 rings (SSSR count). The van der Waals surface area contributed by atoms with Crippen LogP contribution >= 0.6 is 11.8 Å². The third kappa shape index (κ3) is 3.75. The van der Waals surface area contributed by atoms with E-state index in [9.17, 15) is 4.79 Å².